The maximum absolute atomic E-state index is 5.57. The zero-order valence-corrected chi connectivity index (χ0v) is 18.2. The van der Waals surface area contributed by atoms with Gasteiger partial charge in [-0.3, -0.25) is 9.73 Å². The van der Waals surface area contributed by atoms with Gasteiger partial charge in [-0.1, -0.05) is 84.9 Å². The van der Waals surface area contributed by atoms with E-state index in [0.717, 1.165) is 11.7 Å². The molecule has 29 heavy (non-hydrogen) atoms. The largest absolute Gasteiger partial charge is 0.288 e. The molecule has 4 aromatic rings. The summed E-state index contributed by atoms with van der Waals surface area (Å²) in [5, 5.41) is 3.81. The van der Waals surface area contributed by atoms with Crippen LogP contribution in [0.2, 0.25) is 0 Å². The lowest BCUT2D eigenvalue weighted by Crippen LogP contribution is -2.22. The highest BCUT2D eigenvalue weighted by Gasteiger charge is 2.28. The number of hydrogen-bond acceptors (Lipinski definition) is 2. The van der Waals surface area contributed by atoms with Gasteiger partial charge in [0.05, 0.1) is 11.1 Å². The van der Waals surface area contributed by atoms with Crippen LogP contribution >= 0.6 is 7.05 Å². The van der Waals surface area contributed by atoms with Crippen molar-refractivity contribution in [1.82, 2.24) is 4.98 Å². The van der Waals surface area contributed by atoms with Crippen LogP contribution in [0, 0.1) is 0 Å². The average molecular weight is 398 g/mol. The highest BCUT2D eigenvalue weighted by atomic mass is 31.2. The summed E-state index contributed by atoms with van der Waals surface area (Å²) in [6.45, 7) is 6.61. The monoisotopic (exact) mass is 398 g/mol. The second-order valence-corrected chi connectivity index (χ2v) is 11.4. The Hall–Kier alpha value is -2.70. The first-order chi connectivity index (χ1) is 14.0. The Morgan fingerprint density at radius 1 is 0.724 bits per heavy atom. The van der Waals surface area contributed by atoms with E-state index < -0.39 is 7.05 Å². The summed E-state index contributed by atoms with van der Waals surface area (Å²) in [6, 6.07) is 32.3. The van der Waals surface area contributed by atoms with E-state index in [0.29, 0.717) is 0 Å². The molecule has 0 bridgehead atoms. The normalized spacial score (nSPS) is 12.1. The molecule has 0 aliphatic carbocycles. The molecule has 0 saturated carbocycles. The quantitative estimate of drug-likeness (QED) is 0.366. The molecule has 0 atom stereocenters. The number of benzene rings is 3. The molecule has 3 aromatic carbocycles. The van der Waals surface area contributed by atoms with Gasteiger partial charge < -0.3 is 0 Å². The maximum Gasteiger partial charge on any atom is 0.0738 e. The smallest absolute Gasteiger partial charge is 0.0738 e. The van der Waals surface area contributed by atoms with Gasteiger partial charge in [0.25, 0.3) is 0 Å². The highest BCUT2D eigenvalue weighted by molar-refractivity contribution is 7.80. The average Bonchev–Trinajstić information content (AvgIpc) is 2.74. The number of para-hydroxylation sites is 1. The summed E-state index contributed by atoms with van der Waals surface area (Å²) in [5.41, 5.74) is 2.18. The van der Waals surface area contributed by atoms with Gasteiger partial charge in [0, 0.05) is 24.8 Å². The third-order valence-corrected chi connectivity index (χ3v) is 9.00. The SMILES string of the molecule is CC(C)(C)N=P(Cc1cccc2cccnc12)(c1ccccc1)c1ccccc1. The Morgan fingerprint density at radius 2 is 1.31 bits per heavy atom. The Balaban J connectivity index is 2.03. The molecule has 4 rings (SSSR count). The molecule has 0 fully saturated rings. The Bertz CT molecular complexity index is 1110. The topological polar surface area (TPSA) is 25.2 Å². The van der Waals surface area contributed by atoms with Gasteiger partial charge in [0.1, 0.15) is 0 Å². The van der Waals surface area contributed by atoms with Gasteiger partial charge in [0.2, 0.25) is 0 Å². The van der Waals surface area contributed by atoms with Crippen molar-refractivity contribution in [1.29, 1.82) is 0 Å². The van der Waals surface area contributed by atoms with Crippen molar-refractivity contribution >= 4 is 28.6 Å². The third-order valence-electron chi connectivity index (χ3n) is 4.95. The van der Waals surface area contributed by atoms with E-state index in [9.17, 15) is 0 Å². The predicted molar refractivity (Wildman–Crippen MR) is 127 cm³/mol. The standard InChI is InChI=1S/C26H27N2P/c1-26(2,3)28-29(23-15-6-4-7-16-23,24-17-8-5-9-18-24)20-22-13-10-12-21-14-11-19-27-25(21)22/h4-19H,20H2,1-3H3. The van der Waals surface area contributed by atoms with E-state index in [2.05, 4.69) is 106 Å². The molecule has 0 unspecified atom stereocenters. The highest BCUT2D eigenvalue weighted by Crippen LogP contribution is 2.53. The first kappa shape index (κ1) is 19.6. The summed E-state index contributed by atoms with van der Waals surface area (Å²) >= 11 is 0. The van der Waals surface area contributed by atoms with Crippen LogP contribution in [-0.4, -0.2) is 10.5 Å². The third kappa shape index (κ3) is 4.18. The van der Waals surface area contributed by atoms with Gasteiger partial charge in [-0.25, -0.2) is 0 Å². The lowest BCUT2D eigenvalue weighted by atomic mass is 10.1. The fourth-order valence-electron chi connectivity index (χ4n) is 3.89. The molecule has 0 radical (unpaired) electrons. The molecule has 0 amide bonds. The molecule has 0 aliphatic heterocycles. The Morgan fingerprint density at radius 3 is 1.90 bits per heavy atom. The van der Waals surface area contributed by atoms with Gasteiger partial charge in [-0.2, -0.15) is 0 Å². The van der Waals surface area contributed by atoms with Crippen molar-refractivity contribution in [3.05, 3.63) is 103 Å². The van der Waals surface area contributed by atoms with Crippen LogP contribution in [-0.2, 0) is 6.16 Å². The Kier molecular flexibility index (Phi) is 5.39. The summed E-state index contributed by atoms with van der Waals surface area (Å²) in [7, 11) is -2.06. The molecule has 0 saturated heterocycles. The van der Waals surface area contributed by atoms with E-state index in [-0.39, 0.29) is 5.54 Å². The van der Waals surface area contributed by atoms with Crippen molar-refractivity contribution in [3.63, 3.8) is 0 Å². The second kappa shape index (κ2) is 7.97. The molecular weight excluding hydrogens is 371 g/mol. The number of aromatic nitrogens is 1. The number of rotatable bonds is 4. The van der Waals surface area contributed by atoms with Crippen LogP contribution in [0.3, 0.4) is 0 Å². The van der Waals surface area contributed by atoms with Crippen LogP contribution in [0.5, 0.6) is 0 Å². The number of hydrogen-bond donors (Lipinski definition) is 0. The van der Waals surface area contributed by atoms with Crippen LogP contribution in [0.4, 0.5) is 0 Å². The zero-order chi connectivity index (χ0) is 20.3. The molecule has 2 nitrogen and oxygen atoms in total. The van der Waals surface area contributed by atoms with E-state index >= 15 is 0 Å². The van der Waals surface area contributed by atoms with Gasteiger partial charge in [-0.05, 0) is 43.0 Å². The fourth-order valence-corrected chi connectivity index (χ4v) is 7.95. The molecule has 146 valence electrons. The first-order valence-electron chi connectivity index (χ1n) is 10.0. The molecule has 1 heterocycles. The van der Waals surface area contributed by atoms with Crippen molar-refractivity contribution in [3.8, 4) is 0 Å². The minimum atomic E-state index is -2.06. The Labute approximate surface area is 173 Å². The van der Waals surface area contributed by atoms with Crippen LogP contribution in [0.15, 0.2) is 102 Å². The fraction of sp³-hybridized carbons (Fsp3) is 0.192. The van der Waals surface area contributed by atoms with E-state index in [4.69, 9.17) is 9.73 Å². The maximum atomic E-state index is 5.57. The summed E-state index contributed by atoms with van der Waals surface area (Å²) in [6.07, 6.45) is 2.75. The van der Waals surface area contributed by atoms with E-state index in [1.807, 2.05) is 12.3 Å². The minimum absolute atomic E-state index is 0.155. The second-order valence-electron chi connectivity index (χ2n) is 8.36. The number of fused-ring (bicyclic) bond motifs is 1. The molecule has 0 spiro atoms. The number of nitrogens with zero attached hydrogens (tertiary/aromatic N) is 2. The van der Waals surface area contributed by atoms with Crippen LogP contribution < -0.4 is 10.6 Å². The van der Waals surface area contributed by atoms with Gasteiger partial charge >= 0.3 is 0 Å². The van der Waals surface area contributed by atoms with Crippen LogP contribution in [0.1, 0.15) is 26.3 Å². The molecule has 3 heteroatoms. The zero-order valence-electron chi connectivity index (χ0n) is 17.3. The van der Waals surface area contributed by atoms with Gasteiger partial charge in [-0.15, -0.1) is 0 Å². The van der Waals surface area contributed by atoms with Crippen molar-refractivity contribution < 1.29 is 0 Å². The number of pyridine rings is 1. The van der Waals surface area contributed by atoms with E-state index in [1.54, 1.807) is 0 Å². The summed E-state index contributed by atoms with van der Waals surface area (Å²) < 4.78 is 5.57. The van der Waals surface area contributed by atoms with Crippen LogP contribution in [0.25, 0.3) is 10.9 Å². The van der Waals surface area contributed by atoms with Gasteiger partial charge in [0.15, 0.2) is 0 Å². The first-order valence-corrected chi connectivity index (χ1v) is 12.0. The molecular formula is C26H27N2P. The molecule has 1 aromatic heterocycles. The van der Waals surface area contributed by atoms with Crippen molar-refractivity contribution in [2.45, 2.75) is 32.5 Å². The van der Waals surface area contributed by atoms with Crippen molar-refractivity contribution in [2.75, 3.05) is 0 Å². The lowest BCUT2D eigenvalue weighted by Gasteiger charge is -2.31. The van der Waals surface area contributed by atoms with E-state index in [1.165, 1.54) is 21.6 Å². The van der Waals surface area contributed by atoms with Crippen molar-refractivity contribution in [2.24, 2.45) is 4.74 Å². The predicted octanol–water partition coefficient (Wildman–Crippen LogP) is 6.39. The summed E-state index contributed by atoms with van der Waals surface area (Å²) in [5.74, 6) is 0. The molecule has 0 N–H and O–H groups in total. The lowest BCUT2D eigenvalue weighted by molar-refractivity contribution is 0.590. The minimum Gasteiger partial charge on any atom is -0.288 e. The molecule has 0 aliphatic rings. The summed E-state index contributed by atoms with van der Waals surface area (Å²) in [4.78, 5) is 4.73.